The first-order valence-electron chi connectivity index (χ1n) is 5.63. The van der Waals surface area contributed by atoms with Gasteiger partial charge in [-0.1, -0.05) is 13.0 Å². The van der Waals surface area contributed by atoms with Crippen LogP contribution in [0.5, 0.6) is 0 Å². The number of hydrogen-bond acceptors (Lipinski definition) is 3. The van der Waals surface area contributed by atoms with Crippen LogP contribution in [0.2, 0.25) is 0 Å². The van der Waals surface area contributed by atoms with Crippen LogP contribution in [0.4, 0.5) is 0 Å². The van der Waals surface area contributed by atoms with E-state index in [2.05, 4.69) is 36.4 Å². The summed E-state index contributed by atoms with van der Waals surface area (Å²) >= 11 is 1.85. The summed E-state index contributed by atoms with van der Waals surface area (Å²) in [5.74, 6) is 0.647. The molecule has 1 aromatic heterocycles. The van der Waals surface area contributed by atoms with E-state index in [1.165, 1.54) is 17.7 Å². The van der Waals surface area contributed by atoms with E-state index in [1.807, 2.05) is 11.3 Å². The van der Waals surface area contributed by atoms with Gasteiger partial charge in [-0.3, -0.25) is 0 Å². The molecule has 1 heterocycles. The summed E-state index contributed by atoms with van der Waals surface area (Å²) in [4.78, 5) is 3.88. The quantitative estimate of drug-likeness (QED) is 0.772. The first kappa shape index (κ1) is 12.7. The number of nitrogens with zero attached hydrogens (tertiary/aromatic N) is 1. The molecule has 1 unspecified atom stereocenters. The minimum atomic E-state index is 0.647. The van der Waals surface area contributed by atoms with Gasteiger partial charge in [-0.25, -0.2) is 0 Å². The maximum atomic E-state index is 5.59. The third-order valence-electron chi connectivity index (χ3n) is 2.73. The maximum Gasteiger partial charge on any atom is 0.00579 e. The fourth-order valence-electron chi connectivity index (χ4n) is 1.43. The van der Waals surface area contributed by atoms with E-state index in [0.717, 1.165) is 19.6 Å². The highest BCUT2D eigenvalue weighted by Gasteiger charge is 2.03. The molecular weight excluding hydrogens is 204 g/mol. The molecular formula is C12H22N2S. The second-order valence-electron chi connectivity index (χ2n) is 4.26. The monoisotopic (exact) mass is 226 g/mol. The molecule has 0 aliphatic carbocycles. The Balaban J connectivity index is 2.11. The Kier molecular flexibility index (Phi) is 5.91. The maximum absolute atomic E-state index is 5.59. The predicted molar refractivity (Wildman–Crippen MR) is 68.4 cm³/mol. The molecule has 2 N–H and O–H groups in total. The predicted octanol–water partition coefficient (Wildman–Crippen LogP) is 2.21. The molecule has 1 rings (SSSR count). The highest BCUT2D eigenvalue weighted by Crippen LogP contribution is 2.09. The first-order valence-corrected chi connectivity index (χ1v) is 6.51. The van der Waals surface area contributed by atoms with Gasteiger partial charge in [-0.05, 0) is 50.3 Å². The zero-order valence-electron chi connectivity index (χ0n) is 9.78. The van der Waals surface area contributed by atoms with Crippen LogP contribution in [0, 0.1) is 5.92 Å². The molecule has 0 saturated heterocycles. The summed E-state index contributed by atoms with van der Waals surface area (Å²) in [5, 5.41) is 2.14. The van der Waals surface area contributed by atoms with E-state index < -0.39 is 0 Å². The van der Waals surface area contributed by atoms with Crippen LogP contribution in [-0.4, -0.2) is 31.6 Å². The molecule has 0 bridgehead atoms. The lowest BCUT2D eigenvalue weighted by molar-refractivity contribution is 0.311. The topological polar surface area (TPSA) is 29.3 Å². The van der Waals surface area contributed by atoms with Gasteiger partial charge < -0.3 is 10.6 Å². The Morgan fingerprint density at radius 1 is 1.47 bits per heavy atom. The van der Waals surface area contributed by atoms with Crippen LogP contribution in [-0.2, 0) is 6.42 Å². The molecule has 0 radical (unpaired) electrons. The summed E-state index contributed by atoms with van der Waals surface area (Å²) in [5.41, 5.74) is 5.59. The van der Waals surface area contributed by atoms with E-state index in [-0.39, 0.29) is 0 Å². The number of rotatable bonds is 7. The van der Waals surface area contributed by atoms with Crippen molar-refractivity contribution in [2.45, 2.75) is 19.8 Å². The molecule has 0 aromatic carbocycles. The second-order valence-corrected chi connectivity index (χ2v) is 5.29. The van der Waals surface area contributed by atoms with Crippen molar-refractivity contribution in [3.8, 4) is 0 Å². The van der Waals surface area contributed by atoms with Gasteiger partial charge in [0.1, 0.15) is 0 Å². The van der Waals surface area contributed by atoms with E-state index in [1.54, 1.807) is 0 Å². The SMILES string of the molecule is CC(CN)CCN(C)CCc1cccs1. The average Bonchev–Trinajstić information content (AvgIpc) is 2.75. The lowest BCUT2D eigenvalue weighted by atomic mass is 10.1. The molecule has 15 heavy (non-hydrogen) atoms. The van der Waals surface area contributed by atoms with E-state index >= 15 is 0 Å². The Morgan fingerprint density at radius 3 is 2.87 bits per heavy atom. The van der Waals surface area contributed by atoms with Crippen LogP contribution < -0.4 is 5.73 Å². The molecule has 0 saturated carbocycles. The minimum absolute atomic E-state index is 0.647. The van der Waals surface area contributed by atoms with Crippen LogP contribution in [0.15, 0.2) is 17.5 Å². The summed E-state index contributed by atoms with van der Waals surface area (Å²) in [7, 11) is 2.19. The smallest absolute Gasteiger partial charge is 0.00579 e. The normalized spacial score (nSPS) is 13.3. The molecule has 0 aliphatic heterocycles. The van der Waals surface area contributed by atoms with Crippen molar-refractivity contribution in [1.82, 2.24) is 4.90 Å². The van der Waals surface area contributed by atoms with Crippen molar-refractivity contribution >= 4 is 11.3 Å². The second kappa shape index (κ2) is 6.99. The van der Waals surface area contributed by atoms with Gasteiger partial charge in [0.15, 0.2) is 0 Å². The van der Waals surface area contributed by atoms with Crippen LogP contribution >= 0.6 is 11.3 Å². The fourth-order valence-corrected chi connectivity index (χ4v) is 2.12. The largest absolute Gasteiger partial charge is 0.330 e. The van der Waals surface area contributed by atoms with Gasteiger partial charge in [-0.2, -0.15) is 0 Å². The zero-order chi connectivity index (χ0) is 11.1. The molecule has 1 aromatic rings. The standard InChI is InChI=1S/C12H22N2S/c1-11(10-13)5-7-14(2)8-6-12-4-3-9-15-12/h3-4,9,11H,5-8,10,13H2,1-2H3. The number of thiophene rings is 1. The highest BCUT2D eigenvalue weighted by atomic mass is 32.1. The van der Waals surface area contributed by atoms with Gasteiger partial charge in [0, 0.05) is 11.4 Å². The van der Waals surface area contributed by atoms with Crippen molar-refractivity contribution in [3.63, 3.8) is 0 Å². The fraction of sp³-hybridized carbons (Fsp3) is 0.667. The van der Waals surface area contributed by atoms with E-state index in [9.17, 15) is 0 Å². The van der Waals surface area contributed by atoms with Crippen molar-refractivity contribution in [2.24, 2.45) is 11.7 Å². The van der Waals surface area contributed by atoms with Gasteiger partial charge in [-0.15, -0.1) is 11.3 Å². The van der Waals surface area contributed by atoms with Gasteiger partial charge in [0.05, 0.1) is 0 Å². The van der Waals surface area contributed by atoms with Crippen molar-refractivity contribution < 1.29 is 0 Å². The molecule has 2 nitrogen and oxygen atoms in total. The molecule has 0 aliphatic rings. The Hall–Kier alpha value is -0.380. The number of nitrogens with two attached hydrogens (primary N) is 1. The molecule has 0 fully saturated rings. The summed E-state index contributed by atoms with van der Waals surface area (Å²) in [6.07, 6.45) is 2.38. The van der Waals surface area contributed by atoms with Crippen molar-refractivity contribution in [3.05, 3.63) is 22.4 Å². The van der Waals surface area contributed by atoms with Crippen LogP contribution in [0.25, 0.3) is 0 Å². The van der Waals surface area contributed by atoms with E-state index in [0.29, 0.717) is 5.92 Å². The minimum Gasteiger partial charge on any atom is -0.330 e. The first-order chi connectivity index (χ1) is 7.22. The van der Waals surface area contributed by atoms with Crippen molar-refractivity contribution in [1.29, 1.82) is 0 Å². The zero-order valence-corrected chi connectivity index (χ0v) is 10.6. The third kappa shape index (κ3) is 5.30. The van der Waals surface area contributed by atoms with Gasteiger partial charge in [0.2, 0.25) is 0 Å². The molecule has 0 amide bonds. The lowest BCUT2D eigenvalue weighted by Gasteiger charge is -2.18. The highest BCUT2D eigenvalue weighted by molar-refractivity contribution is 7.09. The Bertz CT molecular complexity index is 246. The Morgan fingerprint density at radius 2 is 2.27 bits per heavy atom. The molecule has 1 atom stereocenters. The number of hydrogen-bond donors (Lipinski definition) is 1. The molecule has 86 valence electrons. The molecule has 0 spiro atoms. The van der Waals surface area contributed by atoms with E-state index in [4.69, 9.17) is 5.73 Å². The van der Waals surface area contributed by atoms with Gasteiger partial charge in [0.25, 0.3) is 0 Å². The average molecular weight is 226 g/mol. The lowest BCUT2D eigenvalue weighted by Crippen LogP contribution is -2.25. The third-order valence-corrected chi connectivity index (χ3v) is 3.66. The molecule has 3 heteroatoms. The number of likely N-dealkylation sites (N-methyl/N-ethyl adjacent to an activating group) is 1. The van der Waals surface area contributed by atoms with Gasteiger partial charge >= 0.3 is 0 Å². The van der Waals surface area contributed by atoms with Crippen molar-refractivity contribution in [2.75, 3.05) is 26.7 Å². The Labute approximate surface area is 97.1 Å². The summed E-state index contributed by atoms with van der Waals surface area (Å²) < 4.78 is 0. The van der Waals surface area contributed by atoms with Crippen LogP contribution in [0.3, 0.4) is 0 Å². The van der Waals surface area contributed by atoms with Crippen LogP contribution in [0.1, 0.15) is 18.2 Å². The summed E-state index contributed by atoms with van der Waals surface area (Å²) in [6.45, 7) is 5.33. The summed E-state index contributed by atoms with van der Waals surface area (Å²) in [6, 6.07) is 4.33.